The third kappa shape index (κ3) is 34.7. The van der Waals surface area contributed by atoms with Gasteiger partial charge in [0.1, 0.15) is 0 Å². The van der Waals surface area contributed by atoms with Crippen LogP contribution in [0.2, 0.25) is 0 Å². The van der Waals surface area contributed by atoms with E-state index in [0.717, 1.165) is 6.54 Å². The number of allylic oxidation sites excluding steroid dienone is 2. The van der Waals surface area contributed by atoms with E-state index in [2.05, 4.69) is 10.3 Å². The minimum atomic E-state index is 0.872. The molecule has 0 atom stereocenters. The molecular formula is C7H17NO. The zero-order chi connectivity index (χ0) is 7.54. The molecule has 9 heavy (non-hydrogen) atoms. The van der Waals surface area contributed by atoms with Gasteiger partial charge in [-0.3, -0.25) is 0 Å². The lowest BCUT2D eigenvalue weighted by atomic mass is 10.6. The highest BCUT2D eigenvalue weighted by Gasteiger charge is 1.61. The first-order valence-corrected chi connectivity index (χ1v) is 3.16. The number of hydrogen-bond donors (Lipinski definition) is 1. The number of nitrogens with one attached hydrogen (secondary N) is 1. The Labute approximate surface area is 57.9 Å². The first kappa shape index (κ1) is 11.5. The predicted octanol–water partition coefficient (Wildman–Crippen LogP) is 1.74. The van der Waals surface area contributed by atoms with Gasteiger partial charge in [0.2, 0.25) is 0 Å². The highest BCUT2D eigenvalue weighted by atomic mass is 16.6. The Hall–Kier alpha value is -0.340. The Bertz CT molecular complexity index is 46.9. The monoisotopic (exact) mass is 131 g/mol. The van der Waals surface area contributed by atoms with Crippen LogP contribution >= 0.6 is 0 Å². The van der Waals surface area contributed by atoms with E-state index < -0.39 is 0 Å². The first-order chi connectivity index (χ1) is 4.33. The van der Waals surface area contributed by atoms with E-state index in [1.807, 2.05) is 32.9 Å². The summed E-state index contributed by atoms with van der Waals surface area (Å²) in [5, 5.41) is 0. The number of rotatable bonds is 2. The van der Waals surface area contributed by atoms with Gasteiger partial charge in [-0.2, -0.15) is 0 Å². The van der Waals surface area contributed by atoms with Crippen LogP contribution in [0.1, 0.15) is 20.8 Å². The number of hydroxylamine groups is 1. The molecule has 0 bridgehead atoms. The molecule has 0 aromatic heterocycles. The van der Waals surface area contributed by atoms with E-state index in [-0.39, 0.29) is 0 Å². The molecule has 0 saturated heterocycles. The van der Waals surface area contributed by atoms with E-state index >= 15 is 0 Å². The van der Waals surface area contributed by atoms with Crippen LogP contribution in [-0.2, 0) is 4.84 Å². The Kier molecular flexibility index (Phi) is 19.9. The van der Waals surface area contributed by atoms with E-state index in [1.165, 1.54) is 0 Å². The summed E-state index contributed by atoms with van der Waals surface area (Å²) in [6.45, 7) is 6.85. The molecular weight excluding hydrogens is 114 g/mol. The van der Waals surface area contributed by atoms with Crippen LogP contribution in [0.5, 0.6) is 0 Å². The summed E-state index contributed by atoms with van der Waals surface area (Å²) in [7, 11) is 1.60. The molecule has 56 valence electrons. The largest absolute Gasteiger partial charge is 0.305 e. The topological polar surface area (TPSA) is 21.3 Å². The summed E-state index contributed by atoms with van der Waals surface area (Å²) in [6, 6.07) is 0. The fourth-order valence-corrected chi connectivity index (χ4v) is 0.144. The second-order valence-electron chi connectivity index (χ2n) is 1.37. The van der Waals surface area contributed by atoms with Gasteiger partial charge in [-0.1, -0.05) is 19.1 Å². The summed E-state index contributed by atoms with van der Waals surface area (Å²) < 4.78 is 0. The number of hydrogen-bond acceptors (Lipinski definition) is 2. The van der Waals surface area contributed by atoms with Crippen LogP contribution in [0, 0.1) is 0 Å². The van der Waals surface area contributed by atoms with Gasteiger partial charge in [-0.05, 0) is 13.8 Å². The molecule has 0 aliphatic heterocycles. The molecule has 0 amide bonds. The fraction of sp³-hybridized carbons (Fsp3) is 0.714. The average Bonchev–Trinajstić information content (AvgIpc) is 1.91. The lowest BCUT2D eigenvalue weighted by Gasteiger charge is -1.88. The smallest absolute Gasteiger partial charge is 0.0572 e. The molecule has 0 unspecified atom stereocenters. The molecule has 2 heteroatoms. The van der Waals surface area contributed by atoms with Crippen molar-refractivity contribution in [1.29, 1.82) is 0 Å². The molecule has 0 rings (SSSR count). The fourth-order valence-electron chi connectivity index (χ4n) is 0.144. The Morgan fingerprint density at radius 2 is 1.78 bits per heavy atom. The highest BCUT2D eigenvalue weighted by Crippen LogP contribution is 1.57. The molecule has 0 spiro atoms. The van der Waals surface area contributed by atoms with Gasteiger partial charge in [0, 0.05) is 6.54 Å². The standard InChI is InChI=1S/C4H8.C3H9NO/c1-3-4-2;1-3-4-5-2/h3-4H,1-2H3;4H,3H2,1-2H3/b4-3-;. The minimum Gasteiger partial charge on any atom is -0.305 e. The van der Waals surface area contributed by atoms with Gasteiger partial charge in [0.05, 0.1) is 7.11 Å². The lowest BCUT2D eigenvalue weighted by molar-refractivity contribution is 0.0962. The van der Waals surface area contributed by atoms with Crippen molar-refractivity contribution in [2.24, 2.45) is 0 Å². The van der Waals surface area contributed by atoms with Crippen molar-refractivity contribution in [1.82, 2.24) is 5.48 Å². The molecule has 0 saturated carbocycles. The molecule has 0 aliphatic rings. The average molecular weight is 131 g/mol. The molecule has 0 aromatic carbocycles. The van der Waals surface area contributed by atoms with Crippen LogP contribution in [0.25, 0.3) is 0 Å². The normalized spacial score (nSPS) is 8.89. The van der Waals surface area contributed by atoms with Crippen molar-refractivity contribution >= 4 is 0 Å². The first-order valence-electron chi connectivity index (χ1n) is 3.16. The van der Waals surface area contributed by atoms with Gasteiger partial charge in [-0.15, -0.1) is 0 Å². The minimum absolute atomic E-state index is 0.872. The summed E-state index contributed by atoms with van der Waals surface area (Å²) in [5.41, 5.74) is 2.61. The van der Waals surface area contributed by atoms with Crippen LogP contribution in [0.15, 0.2) is 12.2 Å². The van der Waals surface area contributed by atoms with E-state index in [9.17, 15) is 0 Å². The van der Waals surface area contributed by atoms with E-state index in [0.29, 0.717) is 0 Å². The lowest BCUT2D eigenvalue weighted by Crippen LogP contribution is -2.08. The van der Waals surface area contributed by atoms with Gasteiger partial charge in [0.15, 0.2) is 0 Å². The quantitative estimate of drug-likeness (QED) is 0.455. The zero-order valence-corrected chi connectivity index (χ0v) is 6.77. The molecule has 2 nitrogen and oxygen atoms in total. The van der Waals surface area contributed by atoms with Crippen molar-refractivity contribution in [2.75, 3.05) is 13.7 Å². The van der Waals surface area contributed by atoms with Gasteiger partial charge >= 0.3 is 0 Å². The summed E-state index contributed by atoms with van der Waals surface area (Å²) in [5.74, 6) is 0. The third-order valence-electron chi connectivity index (χ3n) is 0.622. The summed E-state index contributed by atoms with van der Waals surface area (Å²) in [4.78, 5) is 4.44. The maximum Gasteiger partial charge on any atom is 0.0572 e. The van der Waals surface area contributed by atoms with Crippen molar-refractivity contribution in [3.63, 3.8) is 0 Å². The van der Waals surface area contributed by atoms with Crippen LogP contribution in [0.4, 0.5) is 0 Å². The van der Waals surface area contributed by atoms with Gasteiger partial charge in [0.25, 0.3) is 0 Å². The van der Waals surface area contributed by atoms with Gasteiger partial charge in [-0.25, -0.2) is 5.48 Å². The molecule has 1 N–H and O–H groups in total. The van der Waals surface area contributed by atoms with Gasteiger partial charge < -0.3 is 4.84 Å². The van der Waals surface area contributed by atoms with E-state index in [1.54, 1.807) is 7.11 Å². The van der Waals surface area contributed by atoms with Crippen molar-refractivity contribution in [3.05, 3.63) is 12.2 Å². The van der Waals surface area contributed by atoms with E-state index in [4.69, 9.17) is 0 Å². The SMILES string of the molecule is C/C=C\C.CCNOC. The van der Waals surface area contributed by atoms with Crippen molar-refractivity contribution in [3.8, 4) is 0 Å². The van der Waals surface area contributed by atoms with Crippen LogP contribution in [-0.4, -0.2) is 13.7 Å². The highest BCUT2D eigenvalue weighted by molar-refractivity contribution is 4.68. The zero-order valence-electron chi connectivity index (χ0n) is 6.77. The summed E-state index contributed by atoms with van der Waals surface area (Å²) in [6.07, 6.45) is 4.00. The predicted molar refractivity (Wildman–Crippen MR) is 41.2 cm³/mol. The van der Waals surface area contributed by atoms with Crippen molar-refractivity contribution < 1.29 is 4.84 Å². The molecule has 0 aromatic rings. The Balaban J connectivity index is 0. The van der Waals surface area contributed by atoms with Crippen molar-refractivity contribution in [2.45, 2.75) is 20.8 Å². The van der Waals surface area contributed by atoms with Crippen LogP contribution in [0.3, 0.4) is 0 Å². The second kappa shape index (κ2) is 15.6. The maximum absolute atomic E-state index is 4.44. The third-order valence-corrected chi connectivity index (χ3v) is 0.622. The second-order valence-corrected chi connectivity index (χ2v) is 1.37. The van der Waals surface area contributed by atoms with Crippen LogP contribution < -0.4 is 5.48 Å². The Morgan fingerprint density at radius 1 is 1.33 bits per heavy atom. The molecule has 0 aliphatic carbocycles. The maximum atomic E-state index is 4.44. The molecule has 0 fully saturated rings. The Morgan fingerprint density at radius 3 is 1.78 bits per heavy atom. The summed E-state index contributed by atoms with van der Waals surface area (Å²) >= 11 is 0. The molecule has 0 heterocycles. The molecule has 0 radical (unpaired) electrons.